The number of aromatic nitrogens is 4. The molecule has 146 valence electrons. The van der Waals surface area contributed by atoms with Gasteiger partial charge in [-0.25, -0.2) is 9.97 Å². The van der Waals surface area contributed by atoms with Crippen LogP contribution in [0.2, 0.25) is 0 Å². The minimum Gasteiger partial charge on any atom is -0.341 e. The van der Waals surface area contributed by atoms with Crippen LogP contribution in [0.1, 0.15) is 18.9 Å². The van der Waals surface area contributed by atoms with Crippen molar-refractivity contribution in [1.29, 1.82) is 0 Å². The Morgan fingerprint density at radius 2 is 1.90 bits per heavy atom. The highest BCUT2D eigenvalue weighted by molar-refractivity contribution is 6.08. The molecular weight excluding hydrogens is 358 g/mol. The molecule has 3 aromatic heterocycles. The van der Waals surface area contributed by atoms with Gasteiger partial charge in [0.25, 0.3) is 0 Å². The number of fused-ring (bicyclic) bond motifs is 4. The molecule has 0 atom stereocenters. The van der Waals surface area contributed by atoms with Crippen molar-refractivity contribution in [1.82, 2.24) is 24.4 Å². The molecule has 5 aromatic rings. The SMILES string of the molecule is CCn1c2ccccc2c2cc(CNCCCn3ccc4cncnc43)ccc21. The predicted molar refractivity (Wildman–Crippen MR) is 119 cm³/mol. The molecule has 0 saturated heterocycles. The van der Waals surface area contributed by atoms with Crippen molar-refractivity contribution in [3.63, 3.8) is 0 Å². The summed E-state index contributed by atoms with van der Waals surface area (Å²) in [7, 11) is 0. The van der Waals surface area contributed by atoms with E-state index in [4.69, 9.17) is 0 Å². The maximum Gasteiger partial charge on any atom is 0.143 e. The van der Waals surface area contributed by atoms with Crippen molar-refractivity contribution in [2.45, 2.75) is 33.0 Å². The molecule has 0 amide bonds. The first-order valence-corrected chi connectivity index (χ1v) is 10.3. The van der Waals surface area contributed by atoms with Crippen LogP contribution in [-0.2, 0) is 19.6 Å². The van der Waals surface area contributed by atoms with E-state index < -0.39 is 0 Å². The number of hydrogen-bond acceptors (Lipinski definition) is 3. The number of nitrogens with one attached hydrogen (secondary N) is 1. The lowest BCUT2D eigenvalue weighted by atomic mass is 10.1. The van der Waals surface area contributed by atoms with Crippen molar-refractivity contribution in [2.75, 3.05) is 6.54 Å². The molecule has 2 aromatic carbocycles. The minimum atomic E-state index is 0.885. The van der Waals surface area contributed by atoms with E-state index in [0.717, 1.165) is 43.6 Å². The van der Waals surface area contributed by atoms with Crippen LogP contribution in [0.25, 0.3) is 32.8 Å². The molecule has 3 heterocycles. The zero-order valence-electron chi connectivity index (χ0n) is 16.7. The lowest BCUT2D eigenvalue weighted by Crippen LogP contribution is -2.16. The van der Waals surface area contributed by atoms with Gasteiger partial charge in [0.05, 0.1) is 0 Å². The second-order valence-corrected chi connectivity index (χ2v) is 7.45. The minimum absolute atomic E-state index is 0.885. The zero-order valence-corrected chi connectivity index (χ0v) is 16.7. The van der Waals surface area contributed by atoms with Gasteiger partial charge in [0.2, 0.25) is 0 Å². The first kappa shape index (κ1) is 17.9. The molecule has 0 unspecified atom stereocenters. The summed E-state index contributed by atoms with van der Waals surface area (Å²) in [5, 5.41) is 7.38. The topological polar surface area (TPSA) is 47.7 Å². The van der Waals surface area contributed by atoms with Crippen LogP contribution in [0.5, 0.6) is 0 Å². The predicted octanol–water partition coefficient (Wildman–Crippen LogP) is 4.74. The van der Waals surface area contributed by atoms with Gasteiger partial charge in [-0.2, -0.15) is 0 Å². The number of hydrogen-bond donors (Lipinski definition) is 1. The number of nitrogens with zero attached hydrogens (tertiary/aromatic N) is 4. The van der Waals surface area contributed by atoms with Crippen molar-refractivity contribution < 1.29 is 0 Å². The average molecular weight is 383 g/mol. The summed E-state index contributed by atoms with van der Waals surface area (Å²) < 4.78 is 4.59. The number of aryl methyl sites for hydroxylation is 2. The van der Waals surface area contributed by atoms with E-state index in [1.807, 2.05) is 6.20 Å². The maximum atomic E-state index is 4.38. The van der Waals surface area contributed by atoms with Gasteiger partial charge in [0.15, 0.2) is 0 Å². The fourth-order valence-electron chi connectivity index (χ4n) is 4.27. The highest BCUT2D eigenvalue weighted by Gasteiger charge is 2.09. The van der Waals surface area contributed by atoms with E-state index in [1.165, 1.54) is 27.4 Å². The monoisotopic (exact) mass is 383 g/mol. The molecule has 5 nitrogen and oxygen atoms in total. The third kappa shape index (κ3) is 3.28. The third-order valence-electron chi connectivity index (χ3n) is 5.66. The number of benzene rings is 2. The Hall–Kier alpha value is -3.18. The molecule has 0 aliphatic heterocycles. The van der Waals surface area contributed by atoms with Gasteiger partial charge in [0, 0.05) is 59.2 Å². The lowest BCUT2D eigenvalue weighted by molar-refractivity contribution is 0.589. The smallest absolute Gasteiger partial charge is 0.143 e. The molecule has 1 N–H and O–H groups in total. The second kappa shape index (κ2) is 7.68. The molecule has 0 bridgehead atoms. The van der Waals surface area contributed by atoms with E-state index in [0.29, 0.717) is 0 Å². The third-order valence-corrected chi connectivity index (χ3v) is 5.66. The van der Waals surface area contributed by atoms with Crippen molar-refractivity contribution in [3.8, 4) is 0 Å². The normalized spacial score (nSPS) is 11.8. The van der Waals surface area contributed by atoms with Gasteiger partial charge in [-0.1, -0.05) is 24.3 Å². The zero-order chi connectivity index (χ0) is 19.6. The van der Waals surface area contributed by atoms with E-state index in [1.54, 1.807) is 6.33 Å². The Kier molecular flexibility index (Phi) is 4.74. The van der Waals surface area contributed by atoms with Crippen molar-refractivity contribution in [2.24, 2.45) is 0 Å². The molecule has 0 aliphatic carbocycles. The van der Waals surface area contributed by atoms with Crippen LogP contribution in [0.15, 0.2) is 67.3 Å². The fraction of sp³-hybridized carbons (Fsp3) is 0.250. The van der Waals surface area contributed by atoms with Gasteiger partial charge in [0.1, 0.15) is 12.0 Å². The van der Waals surface area contributed by atoms with E-state index >= 15 is 0 Å². The Labute approximate surface area is 170 Å². The maximum absolute atomic E-state index is 4.38. The van der Waals surface area contributed by atoms with E-state index in [9.17, 15) is 0 Å². The summed E-state index contributed by atoms with van der Waals surface area (Å²) in [6.07, 6.45) is 6.63. The first-order chi connectivity index (χ1) is 14.3. The molecule has 0 aliphatic rings. The molecule has 0 fully saturated rings. The summed E-state index contributed by atoms with van der Waals surface area (Å²) in [6, 6.07) is 17.6. The lowest BCUT2D eigenvalue weighted by Gasteiger charge is -2.08. The second-order valence-electron chi connectivity index (χ2n) is 7.45. The van der Waals surface area contributed by atoms with Crippen LogP contribution in [0.4, 0.5) is 0 Å². The Bertz CT molecular complexity index is 1280. The summed E-state index contributed by atoms with van der Waals surface area (Å²) in [4.78, 5) is 8.46. The van der Waals surface area contributed by atoms with Crippen LogP contribution < -0.4 is 5.32 Å². The van der Waals surface area contributed by atoms with Gasteiger partial charge < -0.3 is 14.5 Å². The summed E-state index contributed by atoms with van der Waals surface area (Å²) in [6.45, 7) is 6.01. The van der Waals surface area contributed by atoms with Crippen LogP contribution in [-0.4, -0.2) is 25.6 Å². The Balaban J connectivity index is 1.25. The molecule has 5 rings (SSSR count). The largest absolute Gasteiger partial charge is 0.341 e. The molecule has 0 radical (unpaired) electrons. The quantitative estimate of drug-likeness (QED) is 0.413. The highest BCUT2D eigenvalue weighted by atomic mass is 15.0. The summed E-state index contributed by atoms with van der Waals surface area (Å²) in [5.41, 5.74) is 4.98. The van der Waals surface area contributed by atoms with Gasteiger partial charge >= 0.3 is 0 Å². The number of para-hydroxylation sites is 1. The Morgan fingerprint density at radius 3 is 2.83 bits per heavy atom. The molecule has 29 heavy (non-hydrogen) atoms. The number of rotatable bonds is 7. The summed E-state index contributed by atoms with van der Waals surface area (Å²) in [5.74, 6) is 0. The molecule has 0 spiro atoms. The van der Waals surface area contributed by atoms with Crippen LogP contribution >= 0.6 is 0 Å². The fourth-order valence-corrected chi connectivity index (χ4v) is 4.27. The van der Waals surface area contributed by atoms with E-state index in [2.05, 4.69) is 86.1 Å². The van der Waals surface area contributed by atoms with Gasteiger partial charge in [-0.15, -0.1) is 0 Å². The summed E-state index contributed by atoms with van der Waals surface area (Å²) >= 11 is 0. The van der Waals surface area contributed by atoms with Gasteiger partial charge in [-0.05, 0) is 49.7 Å². The van der Waals surface area contributed by atoms with E-state index in [-0.39, 0.29) is 0 Å². The highest BCUT2D eigenvalue weighted by Crippen LogP contribution is 2.29. The average Bonchev–Trinajstić information content (AvgIpc) is 3.32. The van der Waals surface area contributed by atoms with Crippen molar-refractivity contribution >= 4 is 32.8 Å². The molecule has 0 saturated carbocycles. The molecule has 5 heteroatoms. The van der Waals surface area contributed by atoms with Crippen LogP contribution in [0, 0.1) is 0 Å². The standard InChI is InChI=1S/C24H25N5/c1-2-29-22-7-4-3-6-20(22)21-14-18(8-9-23(21)29)15-25-11-5-12-28-13-10-19-16-26-17-27-24(19)28/h3-4,6-10,13-14,16-17,25H,2,5,11-12,15H2,1H3. The van der Waals surface area contributed by atoms with Gasteiger partial charge in [-0.3, -0.25) is 0 Å². The molecular formula is C24H25N5. The van der Waals surface area contributed by atoms with Crippen molar-refractivity contribution in [3.05, 3.63) is 72.8 Å². The first-order valence-electron chi connectivity index (χ1n) is 10.3. The Morgan fingerprint density at radius 1 is 1.00 bits per heavy atom. The van der Waals surface area contributed by atoms with Crippen LogP contribution in [0.3, 0.4) is 0 Å².